The maximum absolute atomic E-state index is 12.8. The molecule has 1 aromatic rings. The molecule has 7 heteroatoms. The number of piperazine rings is 1. The van der Waals surface area contributed by atoms with Crippen molar-refractivity contribution in [3.8, 4) is 6.07 Å². The first-order valence-corrected chi connectivity index (χ1v) is 9.73. The molecule has 0 spiro atoms. The average molecular weight is 382 g/mol. The molecule has 2 aliphatic heterocycles. The van der Waals surface area contributed by atoms with E-state index in [1.807, 2.05) is 40.1 Å². The van der Waals surface area contributed by atoms with Crippen LogP contribution in [-0.4, -0.2) is 67.7 Å². The van der Waals surface area contributed by atoms with Gasteiger partial charge < -0.3 is 19.4 Å². The Hall–Kier alpha value is -3.01. The number of hydrogen-bond acceptors (Lipinski definition) is 5. The number of anilines is 1. The fourth-order valence-electron chi connectivity index (χ4n) is 3.55. The summed E-state index contributed by atoms with van der Waals surface area (Å²) < 4.78 is 4.98. The summed E-state index contributed by atoms with van der Waals surface area (Å²) in [6.07, 6.45) is 3.01. The van der Waals surface area contributed by atoms with Gasteiger partial charge in [0.25, 0.3) is 0 Å². The maximum atomic E-state index is 12.8. The molecule has 148 valence electrons. The molecule has 2 aliphatic rings. The van der Waals surface area contributed by atoms with E-state index in [0.29, 0.717) is 44.8 Å². The van der Waals surface area contributed by atoms with E-state index in [9.17, 15) is 9.59 Å². The molecule has 3 rings (SSSR count). The van der Waals surface area contributed by atoms with E-state index in [0.717, 1.165) is 30.8 Å². The molecule has 0 aliphatic carbocycles. The van der Waals surface area contributed by atoms with Crippen LogP contribution in [0.3, 0.4) is 0 Å². The SMILES string of the molecule is CCOC(=O)CC1=CCN(C(=O)N2CCN(c3ccc(C#N)cc3)CC2)CC1. The number of esters is 1. The normalized spacial score (nSPS) is 17.0. The average Bonchev–Trinajstić information content (AvgIpc) is 2.74. The van der Waals surface area contributed by atoms with Gasteiger partial charge in [0.05, 0.1) is 24.7 Å². The Kier molecular flexibility index (Phi) is 6.53. The molecule has 0 aromatic heterocycles. The maximum Gasteiger partial charge on any atom is 0.320 e. The van der Waals surface area contributed by atoms with Crippen LogP contribution in [0.2, 0.25) is 0 Å². The van der Waals surface area contributed by atoms with Crippen LogP contribution < -0.4 is 4.90 Å². The second-order valence-corrected chi connectivity index (χ2v) is 6.96. The molecule has 0 saturated carbocycles. The highest BCUT2D eigenvalue weighted by Crippen LogP contribution is 2.20. The minimum atomic E-state index is -0.201. The fraction of sp³-hybridized carbons (Fsp3) is 0.476. The molecule has 0 atom stereocenters. The highest BCUT2D eigenvalue weighted by atomic mass is 16.5. The van der Waals surface area contributed by atoms with E-state index < -0.39 is 0 Å². The molecule has 0 radical (unpaired) electrons. The topological polar surface area (TPSA) is 76.9 Å². The molecule has 1 fully saturated rings. The standard InChI is InChI=1S/C21H26N4O3/c1-2-28-20(26)15-17-7-9-24(10-8-17)21(27)25-13-11-23(12-14-25)19-5-3-18(16-22)4-6-19/h3-7H,2,8-15H2,1H3. The fourth-order valence-corrected chi connectivity index (χ4v) is 3.55. The van der Waals surface area contributed by atoms with Crippen LogP contribution in [0.1, 0.15) is 25.3 Å². The van der Waals surface area contributed by atoms with Gasteiger partial charge in [0.1, 0.15) is 0 Å². The van der Waals surface area contributed by atoms with Crippen LogP contribution in [0.5, 0.6) is 0 Å². The lowest BCUT2D eigenvalue weighted by Crippen LogP contribution is -2.53. The smallest absolute Gasteiger partial charge is 0.320 e. The molecule has 7 nitrogen and oxygen atoms in total. The van der Waals surface area contributed by atoms with Gasteiger partial charge in [0.15, 0.2) is 0 Å². The Morgan fingerprint density at radius 1 is 1.07 bits per heavy atom. The Balaban J connectivity index is 1.48. The van der Waals surface area contributed by atoms with E-state index in [4.69, 9.17) is 10.00 Å². The number of benzene rings is 1. The largest absolute Gasteiger partial charge is 0.466 e. The number of nitriles is 1. The number of urea groups is 1. The van der Waals surface area contributed by atoms with Gasteiger partial charge in [0, 0.05) is 45.0 Å². The van der Waals surface area contributed by atoms with E-state index >= 15 is 0 Å². The summed E-state index contributed by atoms with van der Waals surface area (Å²) in [7, 11) is 0. The van der Waals surface area contributed by atoms with Crippen LogP contribution in [0.4, 0.5) is 10.5 Å². The van der Waals surface area contributed by atoms with Gasteiger partial charge in [-0.3, -0.25) is 4.79 Å². The second-order valence-electron chi connectivity index (χ2n) is 6.96. The number of amides is 2. The van der Waals surface area contributed by atoms with Crippen molar-refractivity contribution in [2.75, 3.05) is 50.8 Å². The summed E-state index contributed by atoms with van der Waals surface area (Å²) in [6.45, 7) is 6.28. The van der Waals surface area contributed by atoms with E-state index in [1.54, 1.807) is 6.92 Å². The summed E-state index contributed by atoms with van der Waals surface area (Å²) in [5.74, 6) is -0.201. The number of ether oxygens (including phenoxy) is 1. The van der Waals surface area contributed by atoms with Gasteiger partial charge in [0.2, 0.25) is 0 Å². The van der Waals surface area contributed by atoms with E-state index in [-0.39, 0.29) is 12.0 Å². The highest BCUT2D eigenvalue weighted by Gasteiger charge is 2.26. The van der Waals surface area contributed by atoms with Gasteiger partial charge in [-0.1, -0.05) is 11.6 Å². The quantitative estimate of drug-likeness (QED) is 0.590. The molecule has 1 saturated heterocycles. The third-order valence-corrected chi connectivity index (χ3v) is 5.16. The van der Waals surface area contributed by atoms with Gasteiger partial charge in [-0.05, 0) is 37.6 Å². The Labute approximate surface area is 165 Å². The number of rotatable bonds is 4. The molecule has 1 aromatic carbocycles. The minimum absolute atomic E-state index is 0.0610. The minimum Gasteiger partial charge on any atom is -0.466 e. The third-order valence-electron chi connectivity index (χ3n) is 5.16. The molecule has 0 N–H and O–H groups in total. The Bertz CT molecular complexity index is 774. The number of hydrogen-bond donors (Lipinski definition) is 0. The monoisotopic (exact) mass is 382 g/mol. The zero-order valence-corrected chi connectivity index (χ0v) is 16.3. The van der Waals surface area contributed by atoms with Gasteiger partial charge >= 0.3 is 12.0 Å². The zero-order chi connectivity index (χ0) is 19.9. The first kappa shape index (κ1) is 19.7. The van der Waals surface area contributed by atoms with Gasteiger partial charge in [-0.15, -0.1) is 0 Å². The first-order chi connectivity index (χ1) is 13.6. The van der Waals surface area contributed by atoms with Gasteiger partial charge in [-0.25, -0.2) is 4.79 Å². The van der Waals surface area contributed by atoms with Crippen molar-refractivity contribution in [3.63, 3.8) is 0 Å². The molecule has 2 heterocycles. The molecular weight excluding hydrogens is 356 g/mol. The van der Waals surface area contributed by atoms with Crippen LogP contribution in [0.15, 0.2) is 35.9 Å². The van der Waals surface area contributed by atoms with E-state index in [1.165, 1.54) is 0 Å². The molecule has 28 heavy (non-hydrogen) atoms. The predicted molar refractivity (Wildman–Crippen MR) is 106 cm³/mol. The highest BCUT2D eigenvalue weighted by molar-refractivity contribution is 5.76. The summed E-state index contributed by atoms with van der Waals surface area (Å²) >= 11 is 0. The van der Waals surface area contributed by atoms with Crippen molar-refractivity contribution >= 4 is 17.7 Å². The van der Waals surface area contributed by atoms with Crippen molar-refractivity contribution < 1.29 is 14.3 Å². The molecular formula is C21H26N4O3. The lowest BCUT2D eigenvalue weighted by Gasteiger charge is -2.39. The number of carbonyl (C=O) groups is 2. The Morgan fingerprint density at radius 3 is 2.36 bits per heavy atom. The number of nitrogens with zero attached hydrogens (tertiary/aromatic N) is 4. The first-order valence-electron chi connectivity index (χ1n) is 9.73. The third kappa shape index (κ3) is 4.83. The van der Waals surface area contributed by atoms with Crippen molar-refractivity contribution in [2.45, 2.75) is 19.8 Å². The molecule has 0 unspecified atom stereocenters. The predicted octanol–water partition coefficient (Wildman–Crippen LogP) is 2.39. The second kappa shape index (κ2) is 9.27. The Morgan fingerprint density at radius 2 is 1.79 bits per heavy atom. The summed E-state index contributed by atoms with van der Waals surface area (Å²) in [5.41, 5.74) is 2.78. The van der Waals surface area contributed by atoms with Crippen molar-refractivity contribution in [1.29, 1.82) is 5.26 Å². The lowest BCUT2D eigenvalue weighted by atomic mass is 10.1. The summed E-state index contributed by atoms with van der Waals surface area (Å²) in [6, 6.07) is 9.74. The van der Waals surface area contributed by atoms with Crippen molar-refractivity contribution in [1.82, 2.24) is 9.80 Å². The van der Waals surface area contributed by atoms with Crippen molar-refractivity contribution in [3.05, 3.63) is 41.5 Å². The van der Waals surface area contributed by atoms with Crippen LogP contribution >= 0.6 is 0 Å². The molecule has 2 amide bonds. The van der Waals surface area contributed by atoms with Crippen LogP contribution in [0, 0.1) is 11.3 Å². The number of carbonyl (C=O) groups excluding carboxylic acids is 2. The summed E-state index contributed by atoms with van der Waals surface area (Å²) in [4.78, 5) is 30.3. The van der Waals surface area contributed by atoms with Crippen LogP contribution in [0.25, 0.3) is 0 Å². The van der Waals surface area contributed by atoms with Crippen LogP contribution in [-0.2, 0) is 9.53 Å². The lowest BCUT2D eigenvalue weighted by molar-refractivity contribution is -0.142. The van der Waals surface area contributed by atoms with E-state index in [2.05, 4.69) is 11.0 Å². The zero-order valence-electron chi connectivity index (χ0n) is 16.3. The molecule has 0 bridgehead atoms. The van der Waals surface area contributed by atoms with Crippen molar-refractivity contribution in [2.24, 2.45) is 0 Å². The van der Waals surface area contributed by atoms with Gasteiger partial charge in [-0.2, -0.15) is 5.26 Å². The summed E-state index contributed by atoms with van der Waals surface area (Å²) in [5, 5.41) is 8.90.